The van der Waals surface area contributed by atoms with Crippen molar-refractivity contribution in [3.8, 4) is 5.75 Å². The number of rotatable bonds is 13. The van der Waals surface area contributed by atoms with E-state index in [4.69, 9.17) is 27.9 Å². The Balaban J connectivity index is 2.08. The van der Waals surface area contributed by atoms with E-state index in [2.05, 4.69) is 5.32 Å². The summed E-state index contributed by atoms with van der Waals surface area (Å²) in [5, 5.41) is 3.74. The van der Waals surface area contributed by atoms with Crippen molar-refractivity contribution in [3.05, 3.63) is 94.0 Å². The molecule has 3 aromatic carbocycles. The van der Waals surface area contributed by atoms with E-state index in [-0.39, 0.29) is 30.6 Å². The van der Waals surface area contributed by atoms with E-state index in [1.807, 2.05) is 44.2 Å². The van der Waals surface area contributed by atoms with Crippen molar-refractivity contribution in [3.63, 3.8) is 0 Å². The standard InChI is InChI=1S/C30H35Cl2N3O5S/c1-5-21(2)33-30(37)28(17-22-9-7-6-8-10-22)34(19-23-11-12-24(31)18-27(23)32)29(36)20-35(41(4,38)39)25-13-15-26(40-3)16-14-25/h6-16,18,21,28H,5,17,19-20H2,1-4H3,(H,33,37)/t21-,28+/m1/s1. The zero-order chi connectivity index (χ0) is 30.2. The van der Waals surface area contributed by atoms with Crippen LogP contribution in [0.5, 0.6) is 5.75 Å². The molecule has 0 bridgehead atoms. The highest BCUT2D eigenvalue weighted by molar-refractivity contribution is 7.92. The number of methoxy groups -OCH3 is 1. The van der Waals surface area contributed by atoms with Gasteiger partial charge in [0.05, 0.1) is 19.1 Å². The Kier molecular flexibility index (Phi) is 11.5. The maximum atomic E-state index is 14.1. The minimum absolute atomic E-state index is 0.0412. The van der Waals surface area contributed by atoms with Gasteiger partial charge in [0.25, 0.3) is 0 Å². The second-order valence-corrected chi connectivity index (χ2v) is 12.5. The number of amides is 2. The number of nitrogens with one attached hydrogen (secondary N) is 1. The largest absolute Gasteiger partial charge is 0.497 e. The number of nitrogens with zero attached hydrogens (tertiary/aromatic N) is 2. The van der Waals surface area contributed by atoms with Gasteiger partial charge in [0.15, 0.2) is 0 Å². The van der Waals surface area contributed by atoms with E-state index in [0.717, 1.165) is 16.1 Å². The molecular weight excluding hydrogens is 585 g/mol. The van der Waals surface area contributed by atoms with Gasteiger partial charge in [-0.1, -0.05) is 66.5 Å². The van der Waals surface area contributed by atoms with Crippen LogP contribution in [-0.4, -0.2) is 57.1 Å². The first-order valence-corrected chi connectivity index (χ1v) is 15.7. The normalized spacial score (nSPS) is 12.7. The lowest BCUT2D eigenvalue weighted by atomic mass is 10.0. The van der Waals surface area contributed by atoms with Gasteiger partial charge in [0.2, 0.25) is 21.8 Å². The zero-order valence-corrected chi connectivity index (χ0v) is 25.8. The van der Waals surface area contributed by atoms with Crippen molar-refractivity contribution in [2.75, 3.05) is 24.2 Å². The third-order valence-electron chi connectivity index (χ3n) is 6.67. The molecule has 0 saturated carbocycles. The Bertz CT molecular complexity index is 1440. The molecule has 0 heterocycles. The first kappa shape index (κ1) is 32.2. The summed E-state index contributed by atoms with van der Waals surface area (Å²) in [5.74, 6) is -0.383. The molecule has 3 aromatic rings. The van der Waals surface area contributed by atoms with Gasteiger partial charge in [-0.05, 0) is 60.9 Å². The van der Waals surface area contributed by atoms with Crippen molar-refractivity contribution in [1.82, 2.24) is 10.2 Å². The third-order valence-corrected chi connectivity index (χ3v) is 8.40. The number of hydrogen-bond donors (Lipinski definition) is 1. The maximum absolute atomic E-state index is 14.1. The first-order valence-electron chi connectivity index (χ1n) is 13.1. The maximum Gasteiger partial charge on any atom is 0.244 e. The number of anilines is 1. The van der Waals surface area contributed by atoms with Gasteiger partial charge in [0.1, 0.15) is 18.3 Å². The Hall–Kier alpha value is -3.27. The zero-order valence-electron chi connectivity index (χ0n) is 23.5. The summed E-state index contributed by atoms with van der Waals surface area (Å²) in [6.07, 6.45) is 1.93. The number of hydrogen-bond acceptors (Lipinski definition) is 5. The second kappa shape index (κ2) is 14.6. The van der Waals surface area contributed by atoms with E-state index in [1.54, 1.807) is 42.5 Å². The molecule has 0 spiro atoms. The van der Waals surface area contributed by atoms with Crippen LogP contribution in [0, 0.1) is 0 Å². The molecule has 0 fully saturated rings. The topological polar surface area (TPSA) is 96.0 Å². The molecule has 0 radical (unpaired) electrons. The van der Waals surface area contributed by atoms with Gasteiger partial charge < -0.3 is 15.0 Å². The third kappa shape index (κ3) is 9.11. The van der Waals surface area contributed by atoms with Crippen molar-refractivity contribution in [1.29, 1.82) is 0 Å². The number of benzene rings is 3. The highest BCUT2D eigenvalue weighted by atomic mass is 35.5. The lowest BCUT2D eigenvalue weighted by molar-refractivity contribution is -0.140. The number of halogens is 2. The molecule has 3 rings (SSSR count). The second-order valence-electron chi connectivity index (χ2n) is 9.75. The van der Waals surface area contributed by atoms with Crippen LogP contribution in [0.2, 0.25) is 10.0 Å². The molecule has 0 aliphatic rings. The summed E-state index contributed by atoms with van der Waals surface area (Å²) in [7, 11) is -2.38. The van der Waals surface area contributed by atoms with Crippen LogP contribution in [0.25, 0.3) is 0 Å². The summed E-state index contributed by atoms with van der Waals surface area (Å²) >= 11 is 12.6. The number of carbonyl (C=O) groups is 2. The molecule has 0 unspecified atom stereocenters. The van der Waals surface area contributed by atoms with E-state index in [1.165, 1.54) is 12.0 Å². The smallest absolute Gasteiger partial charge is 0.244 e. The average molecular weight is 621 g/mol. The van der Waals surface area contributed by atoms with Gasteiger partial charge in [-0.3, -0.25) is 13.9 Å². The summed E-state index contributed by atoms with van der Waals surface area (Å²) in [5.41, 5.74) is 1.69. The van der Waals surface area contributed by atoms with Crippen molar-refractivity contribution >= 4 is 50.7 Å². The number of sulfonamides is 1. The van der Waals surface area contributed by atoms with Crippen LogP contribution >= 0.6 is 23.2 Å². The summed E-state index contributed by atoms with van der Waals surface area (Å²) in [4.78, 5) is 29.2. The Morgan fingerprint density at radius 2 is 1.66 bits per heavy atom. The van der Waals surface area contributed by atoms with Crippen LogP contribution in [-0.2, 0) is 32.6 Å². The lowest BCUT2D eigenvalue weighted by Gasteiger charge is -2.34. The molecule has 2 atom stereocenters. The number of carbonyl (C=O) groups excluding carboxylic acids is 2. The summed E-state index contributed by atoms with van der Waals surface area (Å²) in [6.45, 7) is 3.26. The van der Waals surface area contributed by atoms with Crippen molar-refractivity contribution in [2.24, 2.45) is 0 Å². The summed E-state index contributed by atoms with van der Waals surface area (Å²) in [6, 6.07) is 19.5. The molecule has 11 heteroatoms. The van der Waals surface area contributed by atoms with Gasteiger partial charge in [-0.25, -0.2) is 8.42 Å². The fourth-order valence-corrected chi connectivity index (χ4v) is 5.51. The molecule has 0 aliphatic carbocycles. The molecule has 0 saturated heterocycles. The monoisotopic (exact) mass is 619 g/mol. The van der Waals surface area contributed by atoms with Crippen LogP contribution in [0.3, 0.4) is 0 Å². The fraction of sp³-hybridized carbons (Fsp3) is 0.333. The van der Waals surface area contributed by atoms with Crippen LogP contribution in [0.4, 0.5) is 5.69 Å². The Morgan fingerprint density at radius 1 is 1.00 bits per heavy atom. The predicted octanol–water partition coefficient (Wildman–Crippen LogP) is 5.32. The Morgan fingerprint density at radius 3 is 2.22 bits per heavy atom. The van der Waals surface area contributed by atoms with Crippen molar-refractivity contribution < 1.29 is 22.7 Å². The van der Waals surface area contributed by atoms with Crippen LogP contribution in [0.15, 0.2) is 72.8 Å². The molecule has 0 aromatic heterocycles. The minimum Gasteiger partial charge on any atom is -0.497 e. The summed E-state index contributed by atoms with van der Waals surface area (Å²) < 4.78 is 32.0. The Labute approximate surface area is 252 Å². The fourth-order valence-electron chi connectivity index (χ4n) is 4.19. The quantitative estimate of drug-likeness (QED) is 0.279. The van der Waals surface area contributed by atoms with Crippen molar-refractivity contribution in [2.45, 2.75) is 45.3 Å². The van der Waals surface area contributed by atoms with Gasteiger partial charge >= 0.3 is 0 Å². The lowest BCUT2D eigenvalue weighted by Crippen LogP contribution is -2.54. The number of ether oxygens (including phenoxy) is 1. The molecule has 8 nitrogen and oxygen atoms in total. The van der Waals surface area contributed by atoms with Crippen LogP contribution < -0.4 is 14.4 Å². The van der Waals surface area contributed by atoms with Gasteiger partial charge in [-0.15, -0.1) is 0 Å². The van der Waals surface area contributed by atoms with E-state index < -0.39 is 28.5 Å². The molecule has 2 amide bonds. The van der Waals surface area contributed by atoms with Gasteiger partial charge in [0, 0.05) is 29.1 Å². The predicted molar refractivity (Wildman–Crippen MR) is 164 cm³/mol. The van der Waals surface area contributed by atoms with E-state index in [0.29, 0.717) is 27.8 Å². The molecule has 0 aliphatic heterocycles. The van der Waals surface area contributed by atoms with E-state index in [9.17, 15) is 18.0 Å². The first-order chi connectivity index (χ1) is 19.4. The molecule has 41 heavy (non-hydrogen) atoms. The SMILES string of the molecule is CC[C@@H](C)NC(=O)[C@H](Cc1ccccc1)N(Cc1ccc(Cl)cc1Cl)C(=O)CN(c1ccc(OC)cc1)S(C)(=O)=O. The van der Waals surface area contributed by atoms with Crippen LogP contribution in [0.1, 0.15) is 31.4 Å². The average Bonchev–Trinajstić information content (AvgIpc) is 2.94. The van der Waals surface area contributed by atoms with Gasteiger partial charge in [-0.2, -0.15) is 0 Å². The molecule has 220 valence electrons. The molecular formula is C30H35Cl2N3O5S. The minimum atomic E-state index is -3.88. The molecule has 1 N–H and O–H groups in total. The highest BCUT2D eigenvalue weighted by Crippen LogP contribution is 2.26. The highest BCUT2D eigenvalue weighted by Gasteiger charge is 2.33. The van der Waals surface area contributed by atoms with E-state index >= 15 is 0 Å².